The highest BCUT2D eigenvalue weighted by molar-refractivity contribution is 7.11. The Morgan fingerprint density at radius 1 is 1.26 bits per heavy atom. The molecule has 1 aromatic carbocycles. The summed E-state index contributed by atoms with van der Waals surface area (Å²) in [6.07, 6.45) is 4.80. The molecule has 1 aliphatic rings. The van der Waals surface area contributed by atoms with E-state index >= 15 is 0 Å². The van der Waals surface area contributed by atoms with E-state index in [0.717, 1.165) is 50.9 Å². The van der Waals surface area contributed by atoms with Crippen LogP contribution in [0.4, 0.5) is 18.6 Å². The standard InChI is InChI=1S/C22H27ClF2N4O5S/c23-15-10-16(24)13(9-17(15)25)12-34-19-18(21(31)32)20(35-28-19)27-22(33)26-6-2-4-8-29-7-3-1-5-14(29)11-30/h9-10,14,30H,1-8,11-12H2,(H,31,32)(H2,26,27,33). The highest BCUT2D eigenvalue weighted by Gasteiger charge is 2.24. The summed E-state index contributed by atoms with van der Waals surface area (Å²) >= 11 is 6.22. The molecule has 1 aliphatic heterocycles. The Morgan fingerprint density at radius 3 is 2.80 bits per heavy atom. The Bertz CT molecular complexity index is 1040. The van der Waals surface area contributed by atoms with Crippen molar-refractivity contribution in [2.75, 3.05) is 31.6 Å². The molecule has 1 atom stereocenters. The van der Waals surface area contributed by atoms with E-state index in [1.165, 1.54) is 0 Å². The number of hydrogen-bond acceptors (Lipinski definition) is 7. The monoisotopic (exact) mass is 532 g/mol. The van der Waals surface area contributed by atoms with Crippen LogP contribution in [0, 0.1) is 11.6 Å². The number of carbonyl (C=O) groups excluding carboxylic acids is 1. The van der Waals surface area contributed by atoms with Crippen LogP contribution >= 0.6 is 23.1 Å². The molecule has 1 fully saturated rings. The van der Waals surface area contributed by atoms with Crippen LogP contribution in [0.2, 0.25) is 5.02 Å². The van der Waals surface area contributed by atoms with Gasteiger partial charge in [-0.1, -0.05) is 18.0 Å². The van der Waals surface area contributed by atoms with Crippen molar-refractivity contribution in [2.24, 2.45) is 0 Å². The normalized spacial score (nSPS) is 16.2. The lowest BCUT2D eigenvalue weighted by Crippen LogP contribution is -2.42. The minimum atomic E-state index is -1.40. The number of urea groups is 1. The summed E-state index contributed by atoms with van der Waals surface area (Å²) in [7, 11) is 0. The van der Waals surface area contributed by atoms with Gasteiger partial charge in [0.15, 0.2) is 5.56 Å². The lowest BCUT2D eigenvalue weighted by Gasteiger charge is -2.34. The zero-order valence-corrected chi connectivity index (χ0v) is 20.4. The summed E-state index contributed by atoms with van der Waals surface area (Å²) in [4.78, 5) is 26.2. The van der Waals surface area contributed by atoms with E-state index in [2.05, 4.69) is 19.9 Å². The van der Waals surface area contributed by atoms with Crippen molar-refractivity contribution < 1.29 is 33.3 Å². The molecule has 2 heterocycles. The number of aromatic nitrogens is 1. The van der Waals surface area contributed by atoms with Crippen molar-refractivity contribution in [1.82, 2.24) is 14.6 Å². The molecule has 0 saturated carbocycles. The number of likely N-dealkylation sites (tertiary alicyclic amines) is 1. The third kappa shape index (κ3) is 7.47. The van der Waals surface area contributed by atoms with Gasteiger partial charge < -0.3 is 20.3 Å². The number of aromatic carboxylic acids is 1. The van der Waals surface area contributed by atoms with Gasteiger partial charge in [-0.3, -0.25) is 10.2 Å². The molecule has 1 saturated heterocycles. The number of carboxylic acid groups (broad SMARTS) is 1. The number of nitrogens with one attached hydrogen (secondary N) is 2. The molecular formula is C22H27ClF2N4O5S. The maximum atomic E-state index is 13.9. The maximum absolute atomic E-state index is 13.9. The number of rotatable bonds is 11. The van der Waals surface area contributed by atoms with Crippen LogP contribution in [0.15, 0.2) is 12.1 Å². The first kappa shape index (κ1) is 27.1. The minimum Gasteiger partial charge on any atom is -0.477 e. The van der Waals surface area contributed by atoms with E-state index in [4.69, 9.17) is 16.3 Å². The molecular weight excluding hydrogens is 506 g/mol. The van der Waals surface area contributed by atoms with Gasteiger partial charge in [0.05, 0.1) is 11.6 Å². The number of hydrogen-bond donors (Lipinski definition) is 4. The van der Waals surface area contributed by atoms with Gasteiger partial charge in [0.25, 0.3) is 0 Å². The third-order valence-corrected chi connectivity index (χ3v) is 6.71. The Hall–Kier alpha value is -2.54. The van der Waals surface area contributed by atoms with Gasteiger partial charge in [-0.2, -0.15) is 4.37 Å². The zero-order chi connectivity index (χ0) is 25.4. The lowest BCUT2D eigenvalue weighted by molar-refractivity contribution is 0.0693. The maximum Gasteiger partial charge on any atom is 0.344 e. The number of amides is 2. The van der Waals surface area contributed by atoms with Crippen LogP contribution in [-0.2, 0) is 6.61 Å². The number of benzene rings is 1. The molecule has 35 heavy (non-hydrogen) atoms. The van der Waals surface area contributed by atoms with Gasteiger partial charge in [0, 0.05) is 18.2 Å². The Morgan fingerprint density at radius 2 is 2.06 bits per heavy atom. The molecule has 1 aromatic heterocycles. The fraction of sp³-hybridized carbons (Fsp3) is 0.500. The van der Waals surface area contributed by atoms with Crippen molar-refractivity contribution in [3.8, 4) is 5.88 Å². The van der Waals surface area contributed by atoms with Gasteiger partial charge in [0.2, 0.25) is 5.88 Å². The second-order valence-electron chi connectivity index (χ2n) is 8.10. The number of carbonyl (C=O) groups is 2. The van der Waals surface area contributed by atoms with Gasteiger partial charge in [-0.15, -0.1) is 0 Å². The quantitative estimate of drug-likeness (QED) is 0.254. The number of ether oxygens (including phenoxy) is 1. The number of halogens is 3. The largest absolute Gasteiger partial charge is 0.477 e. The fourth-order valence-corrected chi connectivity index (χ4v) is 4.69. The van der Waals surface area contributed by atoms with Crippen LogP contribution < -0.4 is 15.4 Å². The number of carboxylic acids is 1. The van der Waals surface area contributed by atoms with Crippen LogP contribution in [0.3, 0.4) is 0 Å². The molecule has 3 rings (SSSR count). The van der Waals surface area contributed by atoms with Gasteiger partial charge in [0.1, 0.15) is 23.2 Å². The van der Waals surface area contributed by atoms with Crippen molar-refractivity contribution in [2.45, 2.75) is 44.8 Å². The lowest BCUT2D eigenvalue weighted by atomic mass is 10.0. The van der Waals surface area contributed by atoms with E-state index in [-0.39, 0.29) is 39.7 Å². The molecule has 192 valence electrons. The predicted octanol–water partition coefficient (Wildman–Crippen LogP) is 4.10. The van der Waals surface area contributed by atoms with Crippen molar-refractivity contribution in [3.05, 3.63) is 39.9 Å². The van der Waals surface area contributed by atoms with Gasteiger partial charge in [-0.05, 0) is 62.4 Å². The zero-order valence-electron chi connectivity index (χ0n) is 18.9. The summed E-state index contributed by atoms with van der Waals surface area (Å²) in [5.74, 6) is -3.38. The minimum absolute atomic E-state index is 0.0492. The van der Waals surface area contributed by atoms with Crippen molar-refractivity contribution >= 4 is 40.1 Å². The van der Waals surface area contributed by atoms with E-state index < -0.39 is 30.2 Å². The molecule has 0 bridgehead atoms. The van der Waals surface area contributed by atoms with Gasteiger partial charge in [-0.25, -0.2) is 18.4 Å². The molecule has 0 aliphatic carbocycles. The molecule has 13 heteroatoms. The van der Waals surface area contributed by atoms with E-state index in [1.54, 1.807) is 0 Å². The highest BCUT2D eigenvalue weighted by atomic mass is 35.5. The predicted molar refractivity (Wildman–Crippen MR) is 127 cm³/mol. The average molecular weight is 533 g/mol. The number of aliphatic hydroxyl groups is 1. The molecule has 0 spiro atoms. The molecule has 1 unspecified atom stereocenters. The topological polar surface area (TPSA) is 124 Å². The fourth-order valence-electron chi connectivity index (χ4n) is 3.82. The van der Waals surface area contributed by atoms with Crippen LogP contribution in [0.25, 0.3) is 0 Å². The average Bonchev–Trinajstić information content (AvgIpc) is 3.23. The number of piperidine rings is 1. The number of anilines is 1. The smallest absolute Gasteiger partial charge is 0.344 e. The molecule has 2 amide bonds. The molecule has 9 nitrogen and oxygen atoms in total. The first-order chi connectivity index (χ1) is 16.8. The van der Waals surface area contributed by atoms with Crippen molar-refractivity contribution in [3.63, 3.8) is 0 Å². The first-order valence-electron chi connectivity index (χ1n) is 11.2. The van der Waals surface area contributed by atoms with E-state index in [1.807, 2.05) is 0 Å². The second kappa shape index (κ2) is 13.0. The number of aliphatic hydroxyl groups excluding tert-OH is 1. The van der Waals surface area contributed by atoms with Crippen molar-refractivity contribution in [1.29, 1.82) is 0 Å². The summed E-state index contributed by atoms with van der Waals surface area (Å²) in [6.45, 7) is 1.86. The summed E-state index contributed by atoms with van der Waals surface area (Å²) in [5, 5.41) is 23.7. The summed E-state index contributed by atoms with van der Waals surface area (Å²) in [5.41, 5.74) is -0.557. The van der Waals surface area contributed by atoms with E-state index in [0.29, 0.717) is 24.5 Å². The highest BCUT2D eigenvalue weighted by Crippen LogP contribution is 2.31. The SMILES string of the molecule is O=C(NCCCCN1CCCCC1CO)Nc1snc(OCc2cc(F)c(Cl)cc2F)c1C(=O)O. The van der Waals surface area contributed by atoms with Gasteiger partial charge >= 0.3 is 12.0 Å². The second-order valence-corrected chi connectivity index (χ2v) is 9.28. The van der Waals surface area contributed by atoms with Crippen LogP contribution in [-0.4, -0.2) is 63.8 Å². The Labute approximate surface area is 210 Å². The molecule has 2 aromatic rings. The molecule has 4 N–H and O–H groups in total. The Kier molecular flexibility index (Phi) is 10.0. The van der Waals surface area contributed by atoms with Crippen LogP contribution in [0.5, 0.6) is 5.88 Å². The van der Waals surface area contributed by atoms with E-state index in [9.17, 15) is 28.6 Å². The third-order valence-electron chi connectivity index (χ3n) is 5.67. The number of unbranched alkanes of at least 4 members (excludes halogenated alkanes) is 1. The first-order valence-corrected chi connectivity index (χ1v) is 12.3. The van der Waals surface area contributed by atoms with Crippen LogP contribution in [0.1, 0.15) is 48.0 Å². The summed E-state index contributed by atoms with van der Waals surface area (Å²) < 4.78 is 36.7. The Balaban J connectivity index is 1.48. The summed E-state index contributed by atoms with van der Waals surface area (Å²) in [6, 6.07) is 1.25. The number of nitrogens with zero attached hydrogens (tertiary/aromatic N) is 2. The molecule has 0 radical (unpaired) electrons.